The molecule has 0 spiro atoms. The molecule has 1 fully saturated rings. The van der Waals surface area contributed by atoms with Gasteiger partial charge in [0.15, 0.2) is 0 Å². The molecule has 0 aliphatic carbocycles. The van der Waals surface area contributed by atoms with Crippen molar-refractivity contribution in [1.82, 2.24) is 0 Å². The first-order valence-corrected chi connectivity index (χ1v) is 7.57. The van der Waals surface area contributed by atoms with Crippen molar-refractivity contribution >= 4 is 21.6 Å². The van der Waals surface area contributed by atoms with Gasteiger partial charge in [0.25, 0.3) is 0 Å². The van der Waals surface area contributed by atoms with Gasteiger partial charge in [-0.2, -0.15) is 11.8 Å². The second-order valence-corrected chi connectivity index (χ2v) is 7.14. The van der Waals surface area contributed by atoms with E-state index in [2.05, 4.69) is 0 Å². The summed E-state index contributed by atoms with van der Waals surface area (Å²) in [6.45, 7) is 0. The number of aliphatic hydroxyl groups is 1. The molecule has 0 aromatic heterocycles. The number of rotatable bonds is 4. The average molecular weight is 224 g/mol. The number of aliphatic hydroxyl groups excluding tert-OH is 1. The summed E-state index contributed by atoms with van der Waals surface area (Å²) in [6.07, 6.45) is 3.32. The van der Waals surface area contributed by atoms with Crippen molar-refractivity contribution in [2.24, 2.45) is 0 Å². The van der Waals surface area contributed by atoms with E-state index in [4.69, 9.17) is 0 Å². The second kappa shape index (κ2) is 4.66. The van der Waals surface area contributed by atoms with Gasteiger partial charge in [-0.1, -0.05) is 0 Å². The number of thioether (sulfide) groups is 1. The first kappa shape index (κ1) is 11.3. The third-order valence-corrected chi connectivity index (χ3v) is 4.66. The topological polar surface area (TPSA) is 54.4 Å². The molecule has 1 rings (SSSR count). The zero-order valence-electron chi connectivity index (χ0n) is 7.77. The molecule has 0 radical (unpaired) electrons. The molecule has 1 saturated heterocycles. The molecule has 0 aromatic carbocycles. The Balaban J connectivity index is 2.28. The van der Waals surface area contributed by atoms with E-state index in [0.717, 1.165) is 18.6 Å². The lowest BCUT2D eigenvalue weighted by atomic mass is 10.1. The lowest BCUT2D eigenvalue weighted by Crippen LogP contribution is -2.23. The second-order valence-electron chi connectivity index (χ2n) is 3.54. The lowest BCUT2D eigenvalue weighted by Gasteiger charge is -2.15. The van der Waals surface area contributed by atoms with Gasteiger partial charge in [0, 0.05) is 11.5 Å². The summed E-state index contributed by atoms with van der Waals surface area (Å²) < 4.78 is 21.7. The SMILES string of the molecule is CS(=O)(=O)CCC(O)C1CCCS1. The summed E-state index contributed by atoms with van der Waals surface area (Å²) in [5.74, 6) is 1.20. The van der Waals surface area contributed by atoms with E-state index in [-0.39, 0.29) is 11.0 Å². The van der Waals surface area contributed by atoms with Crippen LogP contribution in [-0.2, 0) is 9.84 Å². The van der Waals surface area contributed by atoms with Crippen molar-refractivity contribution < 1.29 is 13.5 Å². The normalized spacial score (nSPS) is 26.2. The monoisotopic (exact) mass is 224 g/mol. The van der Waals surface area contributed by atoms with E-state index in [1.54, 1.807) is 11.8 Å². The molecule has 13 heavy (non-hydrogen) atoms. The quantitative estimate of drug-likeness (QED) is 0.763. The van der Waals surface area contributed by atoms with E-state index in [1.165, 1.54) is 6.26 Å². The molecule has 0 amide bonds. The highest BCUT2D eigenvalue weighted by Crippen LogP contribution is 2.29. The van der Waals surface area contributed by atoms with Gasteiger partial charge in [-0.15, -0.1) is 0 Å². The Hall–Kier alpha value is 0.260. The zero-order valence-corrected chi connectivity index (χ0v) is 9.40. The van der Waals surface area contributed by atoms with Crippen LogP contribution in [0.15, 0.2) is 0 Å². The van der Waals surface area contributed by atoms with Gasteiger partial charge in [0.05, 0.1) is 11.9 Å². The molecule has 0 bridgehead atoms. The average Bonchev–Trinajstić information content (AvgIpc) is 2.50. The Bertz CT molecular complexity index is 242. The lowest BCUT2D eigenvalue weighted by molar-refractivity contribution is 0.166. The van der Waals surface area contributed by atoms with Crippen LogP contribution in [0.1, 0.15) is 19.3 Å². The van der Waals surface area contributed by atoms with Crippen LogP contribution in [0.3, 0.4) is 0 Å². The van der Waals surface area contributed by atoms with Gasteiger partial charge in [-0.05, 0) is 25.0 Å². The molecule has 0 aromatic rings. The largest absolute Gasteiger partial charge is 0.392 e. The number of sulfone groups is 1. The molecule has 2 atom stereocenters. The molecule has 1 aliphatic rings. The standard InChI is InChI=1S/C8H16O3S2/c1-13(10,11)6-4-7(9)8-3-2-5-12-8/h7-9H,2-6H2,1H3. The van der Waals surface area contributed by atoms with Crippen LogP contribution >= 0.6 is 11.8 Å². The third kappa shape index (κ3) is 4.33. The number of hydrogen-bond acceptors (Lipinski definition) is 4. The maximum Gasteiger partial charge on any atom is 0.147 e. The Kier molecular flexibility index (Phi) is 4.06. The predicted molar refractivity (Wildman–Crippen MR) is 55.8 cm³/mol. The minimum absolute atomic E-state index is 0.102. The van der Waals surface area contributed by atoms with Gasteiger partial charge < -0.3 is 5.11 Å². The van der Waals surface area contributed by atoms with Crippen LogP contribution in [0.2, 0.25) is 0 Å². The minimum atomic E-state index is -2.92. The van der Waals surface area contributed by atoms with Crippen molar-refractivity contribution in [3.63, 3.8) is 0 Å². The van der Waals surface area contributed by atoms with Crippen molar-refractivity contribution in [1.29, 1.82) is 0 Å². The molecular formula is C8H16O3S2. The van der Waals surface area contributed by atoms with Crippen molar-refractivity contribution in [3.05, 3.63) is 0 Å². The molecule has 1 N–H and O–H groups in total. The summed E-state index contributed by atoms with van der Waals surface area (Å²) >= 11 is 1.76. The summed E-state index contributed by atoms with van der Waals surface area (Å²) in [5, 5.41) is 9.89. The summed E-state index contributed by atoms with van der Waals surface area (Å²) in [6, 6.07) is 0. The van der Waals surface area contributed by atoms with Crippen LogP contribution in [0.5, 0.6) is 0 Å². The van der Waals surface area contributed by atoms with Gasteiger partial charge in [-0.25, -0.2) is 8.42 Å². The van der Waals surface area contributed by atoms with E-state index in [1.807, 2.05) is 0 Å². The van der Waals surface area contributed by atoms with E-state index in [9.17, 15) is 13.5 Å². The Morgan fingerprint density at radius 2 is 2.31 bits per heavy atom. The summed E-state index contributed by atoms with van der Waals surface area (Å²) in [7, 11) is -2.92. The fourth-order valence-electron chi connectivity index (χ4n) is 1.43. The molecule has 5 heteroatoms. The van der Waals surface area contributed by atoms with Crippen LogP contribution in [0, 0.1) is 0 Å². The van der Waals surface area contributed by atoms with Crippen molar-refractivity contribution in [3.8, 4) is 0 Å². The highest BCUT2D eigenvalue weighted by atomic mass is 32.2. The Morgan fingerprint density at radius 3 is 2.77 bits per heavy atom. The first-order chi connectivity index (χ1) is 5.99. The minimum Gasteiger partial charge on any atom is -0.392 e. The van der Waals surface area contributed by atoms with Crippen LogP contribution in [-0.4, -0.2) is 42.6 Å². The van der Waals surface area contributed by atoms with Crippen molar-refractivity contribution in [2.45, 2.75) is 30.6 Å². The molecule has 2 unspecified atom stereocenters. The van der Waals surface area contributed by atoms with Crippen LogP contribution in [0.4, 0.5) is 0 Å². The maximum absolute atomic E-state index is 10.8. The summed E-state index contributed by atoms with van der Waals surface area (Å²) in [4.78, 5) is 0. The molecule has 0 saturated carbocycles. The van der Waals surface area contributed by atoms with Gasteiger partial charge in [-0.3, -0.25) is 0 Å². The van der Waals surface area contributed by atoms with E-state index >= 15 is 0 Å². The zero-order chi connectivity index (χ0) is 9.90. The Morgan fingerprint density at radius 1 is 1.62 bits per heavy atom. The maximum atomic E-state index is 10.8. The van der Waals surface area contributed by atoms with Gasteiger partial charge in [0.2, 0.25) is 0 Å². The number of hydrogen-bond donors (Lipinski definition) is 1. The predicted octanol–water partition coefficient (Wildman–Crippen LogP) is 0.678. The molecule has 78 valence electrons. The van der Waals surface area contributed by atoms with E-state index < -0.39 is 15.9 Å². The third-order valence-electron chi connectivity index (χ3n) is 2.18. The molecule has 1 aliphatic heterocycles. The smallest absolute Gasteiger partial charge is 0.147 e. The first-order valence-electron chi connectivity index (χ1n) is 4.46. The summed E-state index contributed by atoms with van der Waals surface area (Å²) in [5.41, 5.74) is 0. The van der Waals surface area contributed by atoms with E-state index in [0.29, 0.717) is 6.42 Å². The molecule has 3 nitrogen and oxygen atoms in total. The fourth-order valence-corrected chi connectivity index (χ4v) is 3.42. The highest BCUT2D eigenvalue weighted by Gasteiger charge is 2.24. The van der Waals surface area contributed by atoms with Gasteiger partial charge >= 0.3 is 0 Å². The Labute approximate surface area is 83.8 Å². The highest BCUT2D eigenvalue weighted by molar-refractivity contribution is 8.00. The molecule has 1 heterocycles. The van der Waals surface area contributed by atoms with Gasteiger partial charge in [0.1, 0.15) is 9.84 Å². The molecular weight excluding hydrogens is 208 g/mol. The van der Waals surface area contributed by atoms with Crippen LogP contribution < -0.4 is 0 Å². The fraction of sp³-hybridized carbons (Fsp3) is 1.00. The van der Waals surface area contributed by atoms with Crippen molar-refractivity contribution in [2.75, 3.05) is 17.8 Å². The van der Waals surface area contributed by atoms with Crippen LogP contribution in [0.25, 0.3) is 0 Å².